The third-order valence-corrected chi connectivity index (χ3v) is 2.76. The number of aromatic amines is 1. The van der Waals surface area contributed by atoms with Crippen molar-refractivity contribution in [3.8, 4) is 11.5 Å². The minimum atomic E-state index is 0.765. The van der Waals surface area contributed by atoms with Gasteiger partial charge in [0.1, 0.15) is 5.69 Å². The summed E-state index contributed by atoms with van der Waals surface area (Å²) >= 11 is 0. The van der Waals surface area contributed by atoms with Crippen LogP contribution in [0.25, 0.3) is 22.6 Å². The summed E-state index contributed by atoms with van der Waals surface area (Å²) in [4.78, 5) is 16.0. The van der Waals surface area contributed by atoms with Gasteiger partial charge in [-0.2, -0.15) is 0 Å². The third-order valence-electron chi connectivity index (χ3n) is 2.76. The van der Waals surface area contributed by atoms with Gasteiger partial charge in [0.2, 0.25) is 0 Å². The molecule has 0 saturated heterocycles. The van der Waals surface area contributed by atoms with Crippen LogP contribution in [0.15, 0.2) is 36.8 Å². The second-order valence-corrected chi connectivity index (χ2v) is 3.88. The molecule has 0 saturated carbocycles. The summed E-state index contributed by atoms with van der Waals surface area (Å²) in [6.45, 7) is 2.14. The fraction of sp³-hybridized carbons (Fsp3) is 0.154. The Morgan fingerprint density at radius 1 is 1.24 bits per heavy atom. The van der Waals surface area contributed by atoms with E-state index in [4.69, 9.17) is 0 Å². The Morgan fingerprint density at radius 2 is 2.18 bits per heavy atom. The van der Waals surface area contributed by atoms with Gasteiger partial charge in [-0.15, -0.1) is 0 Å². The van der Waals surface area contributed by atoms with Gasteiger partial charge in [0.05, 0.1) is 17.2 Å². The maximum absolute atomic E-state index is 4.50. The molecule has 3 rings (SSSR count). The molecule has 1 N–H and O–H groups in total. The minimum absolute atomic E-state index is 0.765. The highest BCUT2D eigenvalue weighted by atomic mass is 15.0. The normalized spacial score (nSPS) is 10.9. The second-order valence-electron chi connectivity index (χ2n) is 3.88. The molecule has 4 heteroatoms. The number of imidazole rings is 1. The lowest BCUT2D eigenvalue weighted by molar-refractivity contribution is 1.14. The summed E-state index contributed by atoms with van der Waals surface area (Å²) in [7, 11) is 0. The first-order valence-corrected chi connectivity index (χ1v) is 5.62. The molecule has 0 aliphatic carbocycles. The number of hydrogen-bond acceptors (Lipinski definition) is 3. The maximum atomic E-state index is 4.50. The van der Waals surface area contributed by atoms with Crippen molar-refractivity contribution < 1.29 is 0 Å². The summed E-state index contributed by atoms with van der Waals surface area (Å²) in [5.74, 6) is 0.765. The van der Waals surface area contributed by atoms with Crippen molar-refractivity contribution >= 4 is 11.0 Å². The lowest BCUT2D eigenvalue weighted by Gasteiger charge is -1.94. The molecule has 2 heterocycles. The van der Waals surface area contributed by atoms with E-state index >= 15 is 0 Å². The Labute approximate surface area is 98.8 Å². The molecular formula is C13H12N4. The van der Waals surface area contributed by atoms with Crippen LogP contribution in [0.3, 0.4) is 0 Å². The fourth-order valence-electron chi connectivity index (χ4n) is 1.82. The molecule has 4 nitrogen and oxygen atoms in total. The quantitative estimate of drug-likeness (QED) is 0.727. The summed E-state index contributed by atoms with van der Waals surface area (Å²) < 4.78 is 0. The topological polar surface area (TPSA) is 54.5 Å². The van der Waals surface area contributed by atoms with Crippen LogP contribution in [-0.4, -0.2) is 19.9 Å². The summed E-state index contributed by atoms with van der Waals surface area (Å²) in [6, 6.07) is 6.26. The molecular weight excluding hydrogens is 212 g/mol. The zero-order valence-electron chi connectivity index (χ0n) is 9.51. The zero-order chi connectivity index (χ0) is 11.7. The molecule has 17 heavy (non-hydrogen) atoms. The van der Waals surface area contributed by atoms with Crippen molar-refractivity contribution in [1.29, 1.82) is 0 Å². The molecule has 0 aliphatic rings. The minimum Gasteiger partial charge on any atom is -0.337 e. The zero-order valence-corrected chi connectivity index (χ0v) is 9.51. The number of rotatable bonds is 2. The van der Waals surface area contributed by atoms with E-state index in [9.17, 15) is 0 Å². The predicted octanol–water partition coefficient (Wildman–Crippen LogP) is 2.58. The monoisotopic (exact) mass is 224 g/mol. The van der Waals surface area contributed by atoms with E-state index < -0.39 is 0 Å². The molecule has 0 amide bonds. The standard InChI is InChI=1S/C13H12N4/c1-2-9-3-4-10-11(7-9)17-13(16-10)12-8-14-5-6-15-12/h3-8H,2H2,1H3,(H,16,17). The van der Waals surface area contributed by atoms with Crippen LogP contribution in [0.4, 0.5) is 0 Å². The molecule has 1 aromatic carbocycles. The number of hydrogen-bond donors (Lipinski definition) is 1. The van der Waals surface area contributed by atoms with Gasteiger partial charge < -0.3 is 4.98 Å². The van der Waals surface area contributed by atoms with E-state index in [1.54, 1.807) is 18.6 Å². The number of aryl methyl sites for hydroxylation is 1. The number of nitrogens with zero attached hydrogens (tertiary/aromatic N) is 3. The molecule has 0 fully saturated rings. The fourth-order valence-corrected chi connectivity index (χ4v) is 1.82. The van der Waals surface area contributed by atoms with Gasteiger partial charge >= 0.3 is 0 Å². The van der Waals surface area contributed by atoms with Crippen LogP contribution >= 0.6 is 0 Å². The Balaban J connectivity index is 2.14. The van der Waals surface area contributed by atoms with E-state index in [0.29, 0.717) is 0 Å². The van der Waals surface area contributed by atoms with E-state index in [-0.39, 0.29) is 0 Å². The maximum Gasteiger partial charge on any atom is 0.158 e. The molecule has 3 aromatic rings. The first-order valence-electron chi connectivity index (χ1n) is 5.62. The molecule has 0 bridgehead atoms. The molecule has 2 aromatic heterocycles. The van der Waals surface area contributed by atoms with E-state index in [0.717, 1.165) is 29.0 Å². The molecule has 84 valence electrons. The van der Waals surface area contributed by atoms with E-state index in [1.807, 2.05) is 6.07 Å². The molecule has 0 spiro atoms. The molecule has 0 radical (unpaired) electrons. The van der Waals surface area contributed by atoms with E-state index in [1.165, 1.54) is 5.56 Å². The Bertz CT molecular complexity index is 643. The van der Waals surface area contributed by atoms with Gasteiger partial charge in [-0.25, -0.2) is 9.97 Å². The van der Waals surface area contributed by atoms with Gasteiger partial charge in [0.15, 0.2) is 5.82 Å². The average molecular weight is 224 g/mol. The first kappa shape index (κ1) is 9.96. The van der Waals surface area contributed by atoms with Gasteiger partial charge in [-0.3, -0.25) is 4.98 Å². The van der Waals surface area contributed by atoms with Crippen LogP contribution in [0.1, 0.15) is 12.5 Å². The van der Waals surface area contributed by atoms with Crippen molar-refractivity contribution in [3.05, 3.63) is 42.4 Å². The van der Waals surface area contributed by atoms with Crippen LogP contribution in [-0.2, 0) is 6.42 Å². The van der Waals surface area contributed by atoms with Crippen LogP contribution in [0.2, 0.25) is 0 Å². The highest BCUT2D eigenvalue weighted by Gasteiger charge is 2.06. The van der Waals surface area contributed by atoms with Gasteiger partial charge in [0.25, 0.3) is 0 Å². The SMILES string of the molecule is CCc1ccc2nc(-c3cnccn3)[nH]c2c1. The number of benzene rings is 1. The van der Waals surface area contributed by atoms with Crippen molar-refractivity contribution in [2.45, 2.75) is 13.3 Å². The highest BCUT2D eigenvalue weighted by molar-refractivity contribution is 5.79. The van der Waals surface area contributed by atoms with Gasteiger partial charge in [-0.1, -0.05) is 13.0 Å². The Kier molecular flexibility index (Phi) is 2.33. The molecule has 0 atom stereocenters. The molecule has 0 unspecified atom stereocenters. The molecule has 0 aliphatic heterocycles. The third kappa shape index (κ3) is 1.78. The Hall–Kier alpha value is -2.23. The van der Waals surface area contributed by atoms with Crippen LogP contribution < -0.4 is 0 Å². The first-order chi connectivity index (χ1) is 8.36. The summed E-state index contributed by atoms with van der Waals surface area (Å²) in [6.07, 6.45) is 6.05. The highest BCUT2D eigenvalue weighted by Crippen LogP contribution is 2.19. The average Bonchev–Trinajstić information content (AvgIpc) is 2.82. The lowest BCUT2D eigenvalue weighted by Crippen LogP contribution is -1.85. The van der Waals surface area contributed by atoms with E-state index in [2.05, 4.69) is 39.0 Å². The number of nitrogens with one attached hydrogen (secondary N) is 1. The second kappa shape index (κ2) is 3.97. The number of H-pyrrole nitrogens is 1. The van der Waals surface area contributed by atoms with Crippen molar-refractivity contribution in [1.82, 2.24) is 19.9 Å². The smallest absolute Gasteiger partial charge is 0.158 e. The summed E-state index contributed by atoms with van der Waals surface area (Å²) in [5.41, 5.74) is 4.07. The number of fused-ring (bicyclic) bond motifs is 1. The lowest BCUT2D eigenvalue weighted by atomic mass is 10.1. The van der Waals surface area contributed by atoms with Crippen molar-refractivity contribution in [3.63, 3.8) is 0 Å². The van der Waals surface area contributed by atoms with Crippen molar-refractivity contribution in [2.75, 3.05) is 0 Å². The van der Waals surface area contributed by atoms with Crippen molar-refractivity contribution in [2.24, 2.45) is 0 Å². The largest absolute Gasteiger partial charge is 0.337 e. The van der Waals surface area contributed by atoms with Gasteiger partial charge in [0, 0.05) is 12.4 Å². The number of aromatic nitrogens is 4. The predicted molar refractivity (Wildman–Crippen MR) is 66.5 cm³/mol. The summed E-state index contributed by atoms with van der Waals surface area (Å²) in [5, 5.41) is 0. The van der Waals surface area contributed by atoms with Gasteiger partial charge in [-0.05, 0) is 24.1 Å². The Morgan fingerprint density at radius 3 is 2.94 bits per heavy atom. The van der Waals surface area contributed by atoms with Crippen LogP contribution in [0, 0.1) is 0 Å². The van der Waals surface area contributed by atoms with Crippen LogP contribution in [0.5, 0.6) is 0 Å².